The molecule has 2 N–H and O–H groups in total. The fraction of sp³-hybridized carbons (Fsp3) is 0.316. The van der Waals surface area contributed by atoms with Crippen LogP contribution in [0.4, 0.5) is 5.69 Å². The van der Waals surface area contributed by atoms with Crippen LogP contribution in [-0.4, -0.2) is 20.4 Å². The minimum Gasteiger partial charge on any atom is -0.350 e. The Balaban J connectivity index is 2.34. The van der Waals surface area contributed by atoms with Gasteiger partial charge in [-0.25, -0.2) is 8.42 Å². The summed E-state index contributed by atoms with van der Waals surface area (Å²) >= 11 is 6.09. The maximum absolute atomic E-state index is 12.7. The molecule has 1 amide bonds. The van der Waals surface area contributed by atoms with Gasteiger partial charge >= 0.3 is 0 Å². The highest BCUT2D eigenvalue weighted by Gasteiger charge is 2.21. The van der Waals surface area contributed by atoms with Gasteiger partial charge in [0.05, 0.1) is 5.02 Å². The molecule has 2 aromatic carbocycles. The normalized spacial score (nSPS) is 12.5. The highest BCUT2D eigenvalue weighted by atomic mass is 35.5. The number of carbonyl (C=O) groups is 1. The molecule has 0 bridgehead atoms. The molecule has 7 heteroatoms. The molecule has 5 nitrogen and oxygen atoms in total. The summed E-state index contributed by atoms with van der Waals surface area (Å²) in [6.45, 7) is 7.69. The number of sulfonamides is 1. The first kappa shape index (κ1) is 20.3. The molecule has 140 valence electrons. The molecule has 0 saturated heterocycles. The molecule has 2 aromatic rings. The number of anilines is 1. The van der Waals surface area contributed by atoms with Crippen molar-refractivity contribution in [2.45, 2.75) is 45.1 Å². The molecule has 0 aliphatic heterocycles. The lowest BCUT2D eigenvalue weighted by molar-refractivity contribution is 0.0939. The average molecular weight is 395 g/mol. The predicted octanol–water partition coefficient (Wildman–Crippen LogP) is 4.29. The van der Waals surface area contributed by atoms with Crippen molar-refractivity contribution in [2.75, 3.05) is 4.72 Å². The highest BCUT2D eigenvalue weighted by Crippen LogP contribution is 2.26. The van der Waals surface area contributed by atoms with Crippen LogP contribution in [0.15, 0.2) is 41.3 Å². The van der Waals surface area contributed by atoms with Crippen LogP contribution < -0.4 is 10.0 Å². The van der Waals surface area contributed by atoms with Crippen LogP contribution in [0.25, 0.3) is 0 Å². The molecule has 2 rings (SSSR count). The van der Waals surface area contributed by atoms with Gasteiger partial charge in [-0.3, -0.25) is 9.52 Å². The van der Waals surface area contributed by atoms with Crippen LogP contribution >= 0.6 is 11.6 Å². The summed E-state index contributed by atoms with van der Waals surface area (Å²) in [5.74, 6) is -0.335. The summed E-state index contributed by atoms with van der Waals surface area (Å²) in [5, 5.41) is 2.87. The van der Waals surface area contributed by atoms with E-state index in [9.17, 15) is 13.2 Å². The first-order chi connectivity index (χ1) is 12.1. The number of aryl methyl sites for hydroxylation is 2. The molecule has 0 fully saturated rings. The van der Waals surface area contributed by atoms with E-state index in [-0.39, 0.29) is 27.4 Å². The van der Waals surface area contributed by atoms with Crippen molar-refractivity contribution in [1.29, 1.82) is 0 Å². The number of halogens is 1. The van der Waals surface area contributed by atoms with E-state index in [4.69, 9.17) is 11.6 Å². The Morgan fingerprint density at radius 3 is 2.42 bits per heavy atom. The molecule has 0 unspecified atom stereocenters. The zero-order valence-corrected chi connectivity index (χ0v) is 16.8. The van der Waals surface area contributed by atoms with Gasteiger partial charge in [0.25, 0.3) is 15.9 Å². The summed E-state index contributed by atoms with van der Waals surface area (Å²) in [7, 11) is -3.93. The number of amides is 1. The lowest BCUT2D eigenvalue weighted by atomic mass is 10.1. The van der Waals surface area contributed by atoms with Gasteiger partial charge < -0.3 is 5.32 Å². The zero-order chi connectivity index (χ0) is 19.5. The quantitative estimate of drug-likeness (QED) is 0.767. The van der Waals surface area contributed by atoms with E-state index in [0.29, 0.717) is 5.69 Å². The molecular weight excluding hydrogens is 372 g/mol. The van der Waals surface area contributed by atoms with E-state index in [1.54, 1.807) is 12.1 Å². The standard InChI is InChI=1S/C19H23ClN2O3S/c1-5-14(4)21-19(23)15-7-9-17(20)18(11-15)26(24,25)22-16-8-6-12(2)13(3)10-16/h6-11,14,22H,5H2,1-4H3,(H,21,23)/t14-/m0/s1. The minimum atomic E-state index is -3.93. The Bertz CT molecular complexity index is 926. The van der Waals surface area contributed by atoms with Gasteiger partial charge in [0.1, 0.15) is 4.90 Å². The first-order valence-corrected chi connectivity index (χ1v) is 10.2. The van der Waals surface area contributed by atoms with E-state index < -0.39 is 10.0 Å². The molecule has 1 atom stereocenters. The lowest BCUT2D eigenvalue weighted by Crippen LogP contribution is -2.32. The molecule has 0 aromatic heterocycles. The molecule has 0 heterocycles. The molecule has 0 saturated carbocycles. The first-order valence-electron chi connectivity index (χ1n) is 8.34. The van der Waals surface area contributed by atoms with Gasteiger partial charge in [-0.05, 0) is 68.7 Å². The smallest absolute Gasteiger partial charge is 0.263 e. The summed E-state index contributed by atoms with van der Waals surface area (Å²) in [4.78, 5) is 12.1. The second-order valence-electron chi connectivity index (χ2n) is 6.33. The summed E-state index contributed by atoms with van der Waals surface area (Å²) in [6, 6.07) is 9.49. The van der Waals surface area contributed by atoms with Crippen LogP contribution in [0.3, 0.4) is 0 Å². The van der Waals surface area contributed by atoms with Crippen LogP contribution in [0.1, 0.15) is 41.8 Å². The van der Waals surface area contributed by atoms with Crippen LogP contribution in [0.5, 0.6) is 0 Å². The molecule has 0 radical (unpaired) electrons. The Morgan fingerprint density at radius 1 is 1.12 bits per heavy atom. The number of carbonyl (C=O) groups excluding carboxylic acids is 1. The van der Waals surface area contributed by atoms with Crippen molar-refractivity contribution in [3.8, 4) is 0 Å². The number of nitrogens with one attached hydrogen (secondary N) is 2. The van der Waals surface area contributed by atoms with Gasteiger partial charge in [-0.1, -0.05) is 24.6 Å². The topological polar surface area (TPSA) is 75.3 Å². The summed E-state index contributed by atoms with van der Waals surface area (Å²) in [5.41, 5.74) is 2.72. The second kappa shape index (κ2) is 8.10. The van der Waals surface area contributed by atoms with E-state index >= 15 is 0 Å². The maximum Gasteiger partial charge on any atom is 0.263 e. The van der Waals surface area contributed by atoms with Crippen molar-refractivity contribution in [1.82, 2.24) is 5.32 Å². The van der Waals surface area contributed by atoms with Crippen molar-refractivity contribution in [2.24, 2.45) is 0 Å². The minimum absolute atomic E-state index is 0.00751. The SMILES string of the molecule is CC[C@H](C)NC(=O)c1ccc(Cl)c(S(=O)(=O)Nc2ccc(C)c(C)c2)c1. The maximum atomic E-state index is 12.7. The van der Waals surface area contributed by atoms with Crippen LogP contribution in [-0.2, 0) is 10.0 Å². The molecule has 0 aliphatic carbocycles. The van der Waals surface area contributed by atoms with Gasteiger partial charge in [-0.2, -0.15) is 0 Å². The molecular formula is C19H23ClN2O3S. The van der Waals surface area contributed by atoms with E-state index in [1.165, 1.54) is 18.2 Å². The van der Waals surface area contributed by atoms with Crippen molar-refractivity contribution >= 4 is 33.2 Å². The van der Waals surface area contributed by atoms with Gasteiger partial charge in [0.15, 0.2) is 0 Å². The van der Waals surface area contributed by atoms with Gasteiger partial charge in [0.2, 0.25) is 0 Å². The Labute approximate surface area is 159 Å². The number of hydrogen-bond acceptors (Lipinski definition) is 3. The third-order valence-electron chi connectivity index (χ3n) is 4.23. The monoisotopic (exact) mass is 394 g/mol. The van der Waals surface area contributed by atoms with E-state index in [1.807, 2.05) is 33.8 Å². The summed E-state index contributed by atoms with van der Waals surface area (Å²) < 4.78 is 28.0. The number of benzene rings is 2. The fourth-order valence-electron chi connectivity index (χ4n) is 2.27. The Morgan fingerprint density at radius 2 is 1.81 bits per heavy atom. The Hall–Kier alpha value is -2.05. The van der Waals surface area contributed by atoms with Crippen molar-refractivity contribution in [3.05, 3.63) is 58.1 Å². The molecule has 0 spiro atoms. The summed E-state index contributed by atoms with van der Waals surface area (Å²) in [6.07, 6.45) is 0.777. The largest absolute Gasteiger partial charge is 0.350 e. The average Bonchev–Trinajstić information content (AvgIpc) is 2.57. The zero-order valence-electron chi connectivity index (χ0n) is 15.3. The Kier molecular flexibility index (Phi) is 6.31. The van der Waals surface area contributed by atoms with Crippen LogP contribution in [0.2, 0.25) is 5.02 Å². The number of rotatable bonds is 6. The predicted molar refractivity (Wildman–Crippen MR) is 105 cm³/mol. The third-order valence-corrected chi connectivity index (χ3v) is 6.09. The molecule has 0 aliphatic rings. The second-order valence-corrected chi connectivity index (χ2v) is 8.39. The van der Waals surface area contributed by atoms with Crippen molar-refractivity contribution in [3.63, 3.8) is 0 Å². The fourth-order valence-corrected chi connectivity index (χ4v) is 3.85. The third kappa shape index (κ3) is 4.77. The van der Waals surface area contributed by atoms with E-state index in [2.05, 4.69) is 10.0 Å². The van der Waals surface area contributed by atoms with E-state index in [0.717, 1.165) is 17.5 Å². The highest BCUT2D eigenvalue weighted by molar-refractivity contribution is 7.92. The lowest BCUT2D eigenvalue weighted by Gasteiger charge is -2.14. The van der Waals surface area contributed by atoms with Crippen molar-refractivity contribution < 1.29 is 13.2 Å². The van der Waals surface area contributed by atoms with Gasteiger partial charge in [0, 0.05) is 17.3 Å². The number of hydrogen-bond donors (Lipinski definition) is 2. The van der Waals surface area contributed by atoms with Crippen LogP contribution in [0, 0.1) is 13.8 Å². The van der Waals surface area contributed by atoms with Gasteiger partial charge in [-0.15, -0.1) is 0 Å². The molecule has 26 heavy (non-hydrogen) atoms.